The number of hydrogen-bond donors (Lipinski definition) is 1. The molecule has 8 nitrogen and oxygen atoms in total. The maximum Gasteiger partial charge on any atom is 0.409 e. The van der Waals surface area contributed by atoms with E-state index in [0.717, 1.165) is 16.9 Å². The number of hydrogen-bond acceptors (Lipinski definition) is 5. The molecule has 1 N–H and O–H groups in total. The first-order valence-corrected chi connectivity index (χ1v) is 9.79. The zero-order valence-electron chi connectivity index (χ0n) is 18.1. The van der Waals surface area contributed by atoms with E-state index in [-0.39, 0.29) is 11.8 Å². The van der Waals surface area contributed by atoms with Crippen molar-refractivity contribution in [3.05, 3.63) is 23.3 Å². The van der Waals surface area contributed by atoms with Crippen molar-refractivity contribution in [3.63, 3.8) is 0 Å². The third-order valence-electron chi connectivity index (χ3n) is 5.63. The molecule has 1 aliphatic heterocycles. The molecule has 1 saturated heterocycles. The van der Waals surface area contributed by atoms with E-state index in [1.54, 1.807) is 26.0 Å². The van der Waals surface area contributed by atoms with Gasteiger partial charge in [0.2, 0.25) is 11.8 Å². The first-order chi connectivity index (χ1) is 13.7. The molecule has 2 rings (SSSR count). The number of anilines is 1. The lowest BCUT2D eigenvalue weighted by Gasteiger charge is -2.45. The van der Waals surface area contributed by atoms with Crippen LogP contribution in [-0.4, -0.2) is 67.1 Å². The number of carbonyl (C=O) groups excluding carboxylic acids is 3. The van der Waals surface area contributed by atoms with Gasteiger partial charge in [-0.25, -0.2) is 4.79 Å². The van der Waals surface area contributed by atoms with Crippen molar-refractivity contribution in [3.8, 4) is 5.75 Å². The van der Waals surface area contributed by atoms with Gasteiger partial charge in [-0.2, -0.15) is 0 Å². The molecule has 1 aromatic rings. The van der Waals surface area contributed by atoms with Gasteiger partial charge in [0, 0.05) is 32.7 Å². The molecule has 0 bridgehead atoms. The smallest absolute Gasteiger partial charge is 0.409 e. The number of amides is 3. The van der Waals surface area contributed by atoms with Crippen molar-refractivity contribution < 1.29 is 23.9 Å². The summed E-state index contributed by atoms with van der Waals surface area (Å²) >= 11 is 0. The second kappa shape index (κ2) is 9.15. The van der Waals surface area contributed by atoms with Crippen molar-refractivity contribution in [1.82, 2.24) is 9.80 Å². The summed E-state index contributed by atoms with van der Waals surface area (Å²) in [6.07, 6.45) is 0.276. The molecule has 1 heterocycles. The predicted molar refractivity (Wildman–Crippen MR) is 110 cm³/mol. The minimum absolute atomic E-state index is 0.201. The Bertz CT molecular complexity index is 762. The normalized spacial score (nSPS) is 15.4. The Morgan fingerprint density at radius 2 is 1.72 bits per heavy atom. The molecule has 3 amide bonds. The fraction of sp³-hybridized carbons (Fsp3) is 0.571. The maximum atomic E-state index is 13.4. The Labute approximate surface area is 172 Å². The number of nitrogens with zero attached hydrogens (tertiary/aromatic N) is 2. The highest BCUT2D eigenvalue weighted by molar-refractivity contribution is 6.01. The van der Waals surface area contributed by atoms with Gasteiger partial charge < -0.3 is 24.6 Å². The van der Waals surface area contributed by atoms with E-state index in [2.05, 4.69) is 5.32 Å². The maximum absolute atomic E-state index is 13.4. The van der Waals surface area contributed by atoms with Gasteiger partial charge in [-0.1, -0.05) is 0 Å². The molecule has 0 radical (unpaired) electrons. The second-order valence-corrected chi connectivity index (χ2v) is 7.39. The highest BCUT2D eigenvalue weighted by atomic mass is 16.6. The van der Waals surface area contributed by atoms with Crippen molar-refractivity contribution >= 4 is 23.6 Å². The number of aryl methyl sites for hydroxylation is 2. The summed E-state index contributed by atoms with van der Waals surface area (Å²) in [7, 11) is 3.23. The summed E-state index contributed by atoms with van der Waals surface area (Å²) < 4.78 is 10.3. The fourth-order valence-electron chi connectivity index (χ4n) is 3.76. The van der Waals surface area contributed by atoms with Crippen molar-refractivity contribution in [1.29, 1.82) is 0 Å². The summed E-state index contributed by atoms with van der Waals surface area (Å²) in [5.41, 5.74) is 1.42. The van der Waals surface area contributed by atoms with Gasteiger partial charge in [0.05, 0.1) is 13.7 Å². The van der Waals surface area contributed by atoms with Crippen LogP contribution in [0.15, 0.2) is 12.1 Å². The molecule has 0 spiro atoms. The van der Waals surface area contributed by atoms with Crippen LogP contribution in [0.4, 0.5) is 10.5 Å². The van der Waals surface area contributed by atoms with Gasteiger partial charge in [0.25, 0.3) is 0 Å². The highest BCUT2D eigenvalue weighted by Crippen LogP contribution is 2.32. The minimum atomic E-state index is -1.03. The number of methoxy groups -OCH3 is 1. The monoisotopic (exact) mass is 405 g/mol. The summed E-state index contributed by atoms with van der Waals surface area (Å²) in [6.45, 7) is 7.96. The first-order valence-electron chi connectivity index (χ1n) is 9.79. The van der Waals surface area contributed by atoms with Gasteiger partial charge in [-0.05, 0) is 56.9 Å². The van der Waals surface area contributed by atoms with E-state index in [1.165, 1.54) is 11.8 Å². The lowest BCUT2D eigenvalue weighted by Crippen LogP contribution is -2.62. The lowest BCUT2D eigenvalue weighted by atomic mass is 9.84. The second-order valence-electron chi connectivity index (χ2n) is 7.39. The number of likely N-dealkylation sites (N-methyl/N-ethyl adjacent to an activating group) is 1. The van der Waals surface area contributed by atoms with Crippen LogP contribution >= 0.6 is 0 Å². The number of ether oxygens (including phenoxy) is 2. The summed E-state index contributed by atoms with van der Waals surface area (Å²) in [6, 6.07) is 3.71. The lowest BCUT2D eigenvalue weighted by molar-refractivity contribution is -0.144. The van der Waals surface area contributed by atoms with Gasteiger partial charge in [0.15, 0.2) is 0 Å². The molecular formula is C21H31N3O5. The van der Waals surface area contributed by atoms with E-state index in [0.29, 0.717) is 38.2 Å². The number of rotatable bonds is 5. The third-order valence-corrected chi connectivity index (χ3v) is 5.63. The Morgan fingerprint density at radius 1 is 1.17 bits per heavy atom. The van der Waals surface area contributed by atoms with Crippen molar-refractivity contribution in [2.75, 3.05) is 39.2 Å². The SMILES string of the molecule is CCOC(=O)N1CCC(C(=O)Nc2c(C)cc(OC)cc2C)(N(C)C(C)=O)CC1. The van der Waals surface area contributed by atoms with Crippen molar-refractivity contribution in [2.45, 2.75) is 46.1 Å². The summed E-state index contributed by atoms with van der Waals surface area (Å²) in [5, 5.41) is 3.02. The molecule has 0 aromatic heterocycles. The number of nitrogens with one attached hydrogen (secondary N) is 1. The number of piperidine rings is 1. The molecule has 1 fully saturated rings. The van der Waals surface area contributed by atoms with Crippen LogP contribution in [0.25, 0.3) is 0 Å². The molecule has 1 aliphatic rings. The quantitative estimate of drug-likeness (QED) is 0.814. The summed E-state index contributed by atoms with van der Waals surface area (Å²) in [4.78, 5) is 40.7. The molecule has 29 heavy (non-hydrogen) atoms. The average molecular weight is 405 g/mol. The van der Waals surface area contributed by atoms with Crippen LogP contribution in [0.1, 0.15) is 37.8 Å². The van der Waals surface area contributed by atoms with Gasteiger partial charge in [-0.15, -0.1) is 0 Å². The Balaban J connectivity index is 2.29. The Hall–Kier alpha value is -2.77. The van der Waals surface area contributed by atoms with Crippen LogP contribution in [0.5, 0.6) is 5.75 Å². The van der Waals surface area contributed by atoms with Gasteiger partial charge in [0.1, 0.15) is 11.3 Å². The van der Waals surface area contributed by atoms with Gasteiger partial charge >= 0.3 is 6.09 Å². The zero-order chi connectivity index (χ0) is 21.8. The van der Waals surface area contributed by atoms with E-state index >= 15 is 0 Å². The Morgan fingerprint density at radius 3 is 2.17 bits per heavy atom. The fourth-order valence-corrected chi connectivity index (χ4v) is 3.76. The third kappa shape index (κ3) is 4.63. The number of carbonyl (C=O) groups is 3. The predicted octanol–water partition coefficient (Wildman–Crippen LogP) is 2.72. The number of benzene rings is 1. The van der Waals surface area contributed by atoms with E-state index in [4.69, 9.17) is 9.47 Å². The molecule has 0 atom stereocenters. The molecule has 0 saturated carbocycles. The van der Waals surface area contributed by atoms with Crippen LogP contribution in [0, 0.1) is 13.8 Å². The molecule has 1 aromatic carbocycles. The van der Waals surface area contributed by atoms with E-state index in [1.807, 2.05) is 26.0 Å². The molecule has 160 valence electrons. The van der Waals surface area contributed by atoms with Crippen molar-refractivity contribution in [2.24, 2.45) is 0 Å². The molecule has 8 heteroatoms. The van der Waals surface area contributed by atoms with Crippen LogP contribution in [-0.2, 0) is 14.3 Å². The van der Waals surface area contributed by atoms with E-state index < -0.39 is 11.6 Å². The van der Waals surface area contributed by atoms with Crippen LogP contribution in [0.3, 0.4) is 0 Å². The topological polar surface area (TPSA) is 88.2 Å². The zero-order valence-corrected chi connectivity index (χ0v) is 18.1. The first kappa shape index (κ1) is 22.5. The summed E-state index contributed by atoms with van der Waals surface area (Å²) in [5.74, 6) is 0.263. The molecular weight excluding hydrogens is 374 g/mol. The van der Waals surface area contributed by atoms with Crippen LogP contribution < -0.4 is 10.1 Å². The van der Waals surface area contributed by atoms with E-state index in [9.17, 15) is 14.4 Å². The molecule has 0 aliphatic carbocycles. The van der Waals surface area contributed by atoms with Gasteiger partial charge in [-0.3, -0.25) is 9.59 Å². The number of likely N-dealkylation sites (tertiary alicyclic amines) is 1. The Kier molecular flexibility index (Phi) is 7.11. The molecule has 0 unspecified atom stereocenters. The highest BCUT2D eigenvalue weighted by Gasteiger charge is 2.47. The standard InChI is InChI=1S/C21H31N3O5/c1-7-29-20(27)24-10-8-21(9-11-24,23(5)16(4)25)19(26)22-18-14(2)12-17(28-6)13-15(18)3/h12-13H,7-11H2,1-6H3,(H,22,26). The minimum Gasteiger partial charge on any atom is -0.497 e. The van der Waals surface area contributed by atoms with Crippen LogP contribution in [0.2, 0.25) is 0 Å². The average Bonchev–Trinajstić information content (AvgIpc) is 2.69. The largest absolute Gasteiger partial charge is 0.497 e.